The van der Waals surface area contributed by atoms with Crippen LogP contribution < -0.4 is 14.2 Å². The molecule has 1 fully saturated rings. The van der Waals surface area contributed by atoms with E-state index in [4.69, 9.17) is 14.2 Å². The van der Waals surface area contributed by atoms with E-state index in [2.05, 4.69) is 6.07 Å². The second kappa shape index (κ2) is 8.17. The third-order valence-corrected chi connectivity index (χ3v) is 6.88. The molecule has 160 valence electrons. The van der Waals surface area contributed by atoms with Crippen LogP contribution in [0.2, 0.25) is 0 Å². The minimum Gasteiger partial charge on any atom is -0.497 e. The summed E-state index contributed by atoms with van der Waals surface area (Å²) < 4.78 is 16.1. The van der Waals surface area contributed by atoms with Crippen molar-refractivity contribution in [2.24, 2.45) is 0 Å². The molecule has 0 bridgehead atoms. The van der Waals surface area contributed by atoms with Crippen molar-refractivity contribution in [3.05, 3.63) is 64.2 Å². The maximum Gasteiger partial charge on any atom is 0.231 e. The van der Waals surface area contributed by atoms with E-state index in [1.54, 1.807) is 63.8 Å². The van der Waals surface area contributed by atoms with Gasteiger partial charge in [-0.05, 0) is 30.3 Å². The zero-order valence-electron chi connectivity index (χ0n) is 17.4. The van der Waals surface area contributed by atoms with Crippen LogP contribution in [-0.2, 0) is 10.5 Å². The molecule has 0 radical (unpaired) electrons. The third kappa shape index (κ3) is 3.40. The lowest BCUT2D eigenvalue weighted by atomic mass is 9.84. The van der Waals surface area contributed by atoms with Gasteiger partial charge in [0.15, 0.2) is 5.72 Å². The molecule has 2 aromatic carbocycles. The number of fused-ring (bicyclic) bond motifs is 1. The van der Waals surface area contributed by atoms with Gasteiger partial charge in [-0.25, -0.2) is 0 Å². The number of hydrogen-bond acceptors (Lipinski definition) is 7. The van der Waals surface area contributed by atoms with Crippen LogP contribution in [0.5, 0.6) is 17.2 Å². The van der Waals surface area contributed by atoms with Gasteiger partial charge in [-0.1, -0.05) is 12.1 Å². The maximum atomic E-state index is 13.3. The van der Waals surface area contributed by atoms with Gasteiger partial charge in [0.05, 0.1) is 43.8 Å². The second-order valence-electron chi connectivity index (χ2n) is 7.26. The van der Waals surface area contributed by atoms with Crippen LogP contribution in [0.15, 0.2) is 53.1 Å². The largest absolute Gasteiger partial charge is 0.497 e. The number of allylic oxidation sites excluding steroid dienone is 1. The lowest BCUT2D eigenvalue weighted by Gasteiger charge is -2.38. The Morgan fingerprint density at radius 2 is 1.87 bits per heavy atom. The Labute approximate surface area is 184 Å². The highest BCUT2D eigenvalue weighted by Gasteiger charge is 2.52. The van der Waals surface area contributed by atoms with Crippen LogP contribution in [0.25, 0.3) is 0 Å². The molecule has 0 aliphatic carbocycles. The normalized spacial score (nSPS) is 22.7. The molecule has 2 aliphatic rings. The number of thioether (sulfide) groups is 1. The van der Waals surface area contributed by atoms with E-state index in [0.29, 0.717) is 39.0 Å². The number of ether oxygens (including phenoxy) is 3. The van der Waals surface area contributed by atoms with Crippen molar-refractivity contribution in [2.75, 3.05) is 27.1 Å². The number of amides is 1. The van der Waals surface area contributed by atoms with E-state index in [1.807, 2.05) is 0 Å². The lowest BCUT2D eigenvalue weighted by Crippen LogP contribution is -2.48. The van der Waals surface area contributed by atoms with Gasteiger partial charge >= 0.3 is 0 Å². The van der Waals surface area contributed by atoms with Crippen molar-refractivity contribution in [3.63, 3.8) is 0 Å². The summed E-state index contributed by atoms with van der Waals surface area (Å²) in [6.45, 7) is 0. The Morgan fingerprint density at radius 3 is 2.55 bits per heavy atom. The molecule has 7 nitrogen and oxygen atoms in total. The van der Waals surface area contributed by atoms with Crippen LogP contribution in [0.4, 0.5) is 0 Å². The highest BCUT2D eigenvalue weighted by atomic mass is 32.2. The lowest BCUT2D eigenvalue weighted by molar-refractivity contribution is -0.149. The summed E-state index contributed by atoms with van der Waals surface area (Å²) in [5.74, 6) is 1.23. The highest BCUT2D eigenvalue weighted by Crippen LogP contribution is 2.53. The van der Waals surface area contributed by atoms with Crippen molar-refractivity contribution in [3.8, 4) is 23.3 Å². The van der Waals surface area contributed by atoms with Gasteiger partial charge in [0, 0.05) is 23.5 Å². The molecule has 1 saturated heterocycles. The monoisotopic (exact) mass is 438 g/mol. The summed E-state index contributed by atoms with van der Waals surface area (Å²) in [7, 11) is 4.65. The van der Waals surface area contributed by atoms with Gasteiger partial charge in [0.25, 0.3) is 0 Å². The number of nitriles is 1. The first kappa shape index (κ1) is 21.1. The summed E-state index contributed by atoms with van der Waals surface area (Å²) in [5, 5.41) is 22.0. The standard InChI is InChI=1S/C23H22N2O5S/c1-28-15-6-4-5-14(9-15)23(27)13-31-22-19(12-24)17(11-21(26)25(22)23)18-10-16(29-2)7-8-20(18)30-3/h4-10,17,27H,11,13H2,1-3H3. The first-order chi connectivity index (χ1) is 15.0. The predicted octanol–water partition coefficient (Wildman–Crippen LogP) is 3.36. The number of rotatable bonds is 5. The van der Waals surface area contributed by atoms with E-state index < -0.39 is 11.6 Å². The summed E-state index contributed by atoms with van der Waals surface area (Å²) >= 11 is 1.30. The fourth-order valence-corrected chi connectivity index (χ4v) is 5.45. The van der Waals surface area contributed by atoms with E-state index in [9.17, 15) is 15.2 Å². The van der Waals surface area contributed by atoms with Crippen molar-refractivity contribution >= 4 is 17.7 Å². The molecule has 2 aromatic rings. The number of nitrogens with zero attached hydrogens (tertiary/aromatic N) is 2. The predicted molar refractivity (Wildman–Crippen MR) is 116 cm³/mol. The Balaban J connectivity index is 1.83. The van der Waals surface area contributed by atoms with Crippen LogP contribution >= 0.6 is 11.8 Å². The first-order valence-corrected chi connectivity index (χ1v) is 10.6. The SMILES string of the molecule is COc1cccc(C2(O)CSC3=C(C#N)C(c4cc(OC)ccc4OC)CC(=O)N32)c1. The molecule has 1 amide bonds. The van der Waals surface area contributed by atoms with E-state index in [0.717, 1.165) is 0 Å². The molecule has 0 aromatic heterocycles. The van der Waals surface area contributed by atoms with Crippen LogP contribution in [0, 0.1) is 11.3 Å². The number of carbonyl (C=O) groups is 1. The Kier molecular flexibility index (Phi) is 5.56. The molecule has 0 saturated carbocycles. The van der Waals surface area contributed by atoms with Gasteiger partial charge in [0.1, 0.15) is 17.2 Å². The van der Waals surface area contributed by atoms with Gasteiger partial charge in [-0.15, -0.1) is 11.8 Å². The van der Waals surface area contributed by atoms with Gasteiger partial charge in [-0.3, -0.25) is 9.69 Å². The molecular weight excluding hydrogens is 416 g/mol. The highest BCUT2D eigenvalue weighted by molar-refractivity contribution is 8.03. The molecule has 1 N–H and O–H groups in total. The fourth-order valence-electron chi connectivity index (χ4n) is 4.09. The third-order valence-electron chi connectivity index (χ3n) is 5.65. The average Bonchev–Trinajstić information content (AvgIpc) is 3.17. The summed E-state index contributed by atoms with van der Waals surface area (Å²) in [6, 6.07) is 14.6. The Bertz CT molecular complexity index is 1110. The van der Waals surface area contributed by atoms with Crippen molar-refractivity contribution in [2.45, 2.75) is 18.1 Å². The van der Waals surface area contributed by atoms with Crippen molar-refractivity contribution < 1.29 is 24.1 Å². The fraction of sp³-hybridized carbons (Fsp3) is 0.304. The van der Waals surface area contributed by atoms with Crippen LogP contribution in [-0.4, -0.2) is 43.0 Å². The number of aliphatic hydroxyl groups is 1. The van der Waals surface area contributed by atoms with Crippen molar-refractivity contribution in [1.82, 2.24) is 4.90 Å². The maximum absolute atomic E-state index is 13.3. The molecular formula is C23H22N2O5S. The van der Waals surface area contributed by atoms with Gasteiger partial charge in [-0.2, -0.15) is 5.26 Å². The van der Waals surface area contributed by atoms with E-state index >= 15 is 0 Å². The molecule has 2 unspecified atom stereocenters. The minimum absolute atomic E-state index is 0.0305. The first-order valence-electron chi connectivity index (χ1n) is 9.65. The number of benzene rings is 2. The number of methoxy groups -OCH3 is 3. The van der Waals surface area contributed by atoms with Gasteiger partial charge in [0.2, 0.25) is 5.91 Å². The second-order valence-corrected chi connectivity index (χ2v) is 8.23. The molecule has 0 spiro atoms. The molecule has 2 atom stereocenters. The molecule has 2 aliphatic heterocycles. The van der Waals surface area contributed by atoms with E-state index in [-0.39, 0.29) is 18.1 Å². The Hall–Kier alpha value is -3.15. The zero-order valence-corrected chi connectivity index (χ0v) is 18.2. The van der Waals surface area contributed by atoms with Crippen LogP contribution in [0.3, 0.4) is 0 Å². The molecule has 4 rings (SSSR count). The topological polar surface area (TPSA) is 92.0 Å². The summed E-state index contributed by atoms with van der Waals surface area (Å²) in [4.78, 5) is 14.7. The summed E-state index contributed by atoms with van der Waals surface area (Å²) in [6.07, 6.45) is 0.0305. The number of carbonyl (C=O) groups excluding carboxylic acids is 1. The average molecular weight is 439 g/mol. The zero-order chi connectivity index (χ0) is 22.2. The summed E-state index contributed by atoms with van der Waals surface area (Å²) in [5.41, 5.74) is 0.112. The quantitative estimate of drug-likeness (QED) is 0.765. The van der Waals surface area contributed by atoms with Gasteiger partial charge < -0.3 is 19.3 Å². The number of hydrogen-bond donors (Lipinski definition) is 1. The molecule has 2 heterocycles. The minimum atomic E-state index is -1.56. The molecule has 8 heteroatoms. The van der Waals surface area contributed by atoms with Crippen molar-refractivity contribution in [1.29, 1.82) is 5.26 Å². The smallest absolute Gasteiger partial charge is 0.231 e. The van der Waals surface area contributed by atoms with E-state index in [1.165, 1.54) is 16.7 Å². The molecule has 31 heavy (non-hydrogen) atoms. The Morgan fingerprint density at radius 1 is 1.13 bits per heavy atom. The van der Waals surface area contributed by atoms with Crippen LogP contribution in [0.1, 0.15) is 23.5 Å².